The van der Waals surface area contributed by atoms with E-state index in [0.29, 0.717) is 32.0 Å². The molecule has 0 radical (unpaired) electrons. The zero-order chi connectivity index (χ0) is 15.1. The maximum atomic E-state index is 12.2. The second-order valence-corrected chi connectivity index (χ2v) is 5.88. The third-order valence-corrected chi connectivity index (χ3v) is 3.51. The van der Waals surface area contributed by atoms with Gasteiger partial charge in [0.25, 0.3) is 0 Å². The second kappa shape index (κ2) is 8.09. The van der Waals surface area contributed by atoms with Gasteiger partial charge in [-0.3, -0.25) is 0 Å². The number of likely N-dealkylation sites (tertiary alicyclic amines) is 1. The number of nitrogens with one attached hydrogen (secondary N) is 1. The van der Waals surface area contributed by atoms with Crippen LogP contribution in [0.4, 0.5) is 4.79 Å². The summed E-state index contributed by atoms with van der Waals surface area (Å²) < 4.78 is 5.13. The fourth-order valence-electron chi connectivity index (χ4n) is 2.55. The molecule has 1 unspecified atom stereocenters. The van der Waals surface area contributed by atoms with Gasteiger partial charge in [0, 0.05) is 26.1 Å². The number of carbonyl (C=O) groups is 2. The number of nitrogens with zero attached hydrogens (tertiary/aromatic N) is 1. The predicted molar refractivity (Wildman–Crippen MR) is 75.6 cm³/mol. The Kier molecular flexibility index (Phi) is 6.78. The van der Waals surface area contributed by atoms with Crippen molar-refractivity contribution < 1.29 is 19.4 Å². The minimum absolute atomic E-state index is 0.221. The number of hydrogen-bond acceptors (Lipinski definition) is 3. The van der Waals surface area contributed by atoms with Crippen molar-refractivity contribution >= 4 is 12.0 Å². The number of urea groups is 1. The fourth-order valence-corrected chi connectivity index (χ4v) is 2.55. The number of carboxylic acids is 1. The maximum absolute atomic E-state index is 12.2. The van der Waals surface area contributed by atoms with Crippen molar-refractivity contribution in [3.8, 4) is 0 Å². The molecule has 0 aromatic rings. The van der Waals surface area contributed by atoms with Gasteiger partial charge in [0.2, 0.25) is 0 Å². The topological polar surface area (TPSA) is 78.9 Å². The van der Waals surface area contributed by atoms with Crippen LogP contribution in [0.5, 0.6) is 0 Å². The molecule has 1 aliphatic heterocycles. The molecule has 0 bridgehead atoms. The van der Waals surface area contributed by atoms with Gasteiger partial charge >= 0.3 is 12.0 Å². The summed E-state index contributed by atoms with van der Waals surface area (Å²) in [5.74, 6) is -0.413. The highest BCUT2D eigenvalue weighted by Gasteiger charge is 2.27. The first-order valence-electron chi connectivity index (χ1n) is 7.21. The summed E-state index contributed by atoms with van der Waals surface area (Å²) >= 11 is 0. The highest BCUT2D eigenvalue weighted by Crippen LogP contribution is 2.17. The van der Waals surface area contributed by atoms with Crippen LogP contribution in [0.1, 0.15) is 33.1 Å². The van der Waals surface area contributed by atoms with Gasteiger partial charge in [-0.1, -0.05) is 13.8 Å². The summed E-state index contributed by atoms with van der Waals surface area (Å²) in [4.78, 5) is 25.0. The molecular formula is C14H26N2O4. The number of ether oxygens (including phenoxy) is 1. The van der Waals surface area contributed by atoms with E-state index in [1.165, 1.54) is 0 Å². The number of carbonyl (C=O) groups excluding carboxylic acids is 1. The molecule has 0 aliphatic carbocycles. The number of methoxy groups -OCH3 is 1. The highest BCUT2D eigenvalue weighted by molar-refractivity contribution is 5.82. The molecule has 0 spiro atoms. The van der Waals surface area contributed by atoms with E-state index in [2.05, 4.69) is 5.32 Å². The lowest BCUT2D eigenvalue weighted by atomic mass is 9.99. The van der Waals surface area contributed by atoms with Crippen LogP contribution in [0.15, 0.2) is 0 Å². The predicted octanol–water partition coefficient (Wildman–Crippen LogP) is 1.55. The van der Waals surface area contributed by atoms with E-state index in [4.69, 9.17) is 9.84 Å². The van der Waals surface area contributed by atoms with Crippen LogP contribution in [0.3, 0.4) is 0 Å². The van der Waals surface area contributed by atoms with Gasteiger partial charge in [-0.25, -0.2) is 9.59 Å². The van der Waals surface area contributed by atoms with Crippen molar-refractivity contribution in [2.24, 2.45) is 11.8 Å². The largest absolute Gasteiger partial charge is 0.480 e. The van der Waals surface area contributed by atoms with Crippen LogP contribution in [0, 0.1) is 11.8 Å². The average molecular weight is 286 g/mol. The average Bonchev–Trinajstić information content (AvgIpc) is 2.38. The van der Waals surface area contributed by atoms with Crippen molar-refractivity contribution in [2.75, 3.05) is 26.8 Å². The van der Waals surface area contributed by atoms with Crippen LogP contribution in [0.2, 0.25) is 0 Å². The normalized spacial score (nSPS) is 20.8. The van der Waals surface area contributed by atoms with Crippen molar-refractivity contribution in [1.82, 2.24) is 10.2 Å². The minimum Gasteiger partial charge on any atom is -0.480 e. The quantitative estimate of drug-likeness (QED) is 0.776. The minimum atomic E-state index is -0.975. The first kappa shape index (κ1) is 16.8. The van der Waals surface area contributed by atoms with Crippen LogP contribution in [-0.4, -0.2) is 54.9 Å². The number of carboxylic acid groups (broad SMARTS) is 1. The Bertz CT molecular complexity index is 331. The van der Waals surface area contributed by atoms with Crippen LogP contribution < -0.4 is 5.32 Å². The Hall–Kier alpha value is -1.30. The second-order valence-electron chi connectivity index (χ2n) is 5.88. The Morgan fingerprint density at radius 3 is 2.70 bits per heavy atom. The Morgan fingerprint density at radius 1 is 1.45 bits per heavy atom. The molecule has 0 aromatic heterocycles. The van der Waals surface area contributed by atoms with E-state index >= 15 is 0 Å². The lowest BCUT2D eigenvalue weighted by molar-refractivity contribution is -0.139. The van der Waals surface area contributed by atoms with E-state index in [9.17, 15) is 9.59 Å². The van der Waals surface area contributed by atoms with Gasteiger partial charge in [-0.05, 0) is 25.2 Å². The molecule has 1 rings (SSSR count). The summed E-state index contributed by atoms with van der Waals surface area (Å²) in [6.07, 6.45) is 2.42. The molecule has 2 amide bonds. The molecule has 20 heavy (non-hydrogen) atoms. The molecule has 1 heterocycles. The van der Waals surface area contributed by atoms with Gasteiger partial charge in [-0.2, -0.15) is 0 Å². The first-order valence-corrected chi connectivity index (χ1v) is 7.21. The summed E-state index contributed by atoms with van der Waals surface area (Å²) in [6, 6.07) is -1.09. The smallest absolute Gasteiger partial charge is 0.326 e. The zero-order valence-corrected chi connectivity index (χ0v) is 12.6. The Labute approximate surface area is 120 Å². The maximum Gasteiger partial charge on any atom is 0.326 e. The van der Waals surface area contributed by atoms with Crippen molar-refractivity contribution in [3.05, 3.63) is 0 Å². The number of aliphatic carboxylic acids is 1. The summed E-state index contributed by atoms with van der Waals surface area (Å²) in [5.41, 5.74) is 0. The van der Waals surface area contributed by atoms with E-state index < -0.39 is 12.0 Å². The van der Waals surface area contributed by atoms with Gasteiger partial charge in [0.05, 0.1) is 6.61 Å². The van der Waals surface area contributed by atoms with Crippen molar-refractivity contribution in [1.29, 1.82) is 0 Å². The molecule has 1 aliphatic rings. The third kappa shape index (κ3) is 5.36. The van der Waals surface area contributed by atoms with Gasteiger partial charge < -0.3 is 20.1 Å². The van der Waals surface area contributed by atoms with Gasteiger partial charge in [0.1, 0.15) is 6.04 Å². The SMILES string of the molecule is COCC1CCCN(C(=O)N[C@@H](CC(C)C)C(=O)O)C1. The lowest BCUT2D eigenvalue weighted by Crippen LogP contribution is -2.51. The Morgan fingerprint density at radius 2 is 2.15 bits per heavy atom. The molecule has 2 N–H and O–H groups in total. The molecular weight excluding hydrogens is 260 g/mol. The number of piperidine rings is 1. The molecule has 6 nitrogen and oxygen atoms in total. The van der Waals surface area contributed by atoms with E-state index in [-0.39, 0.29) is 11.9 Å². The highest BCUT2D eigenvalue weighted by atomic mass is 16.5. The van der Waals surface area contributed by atoms with E-state index in [1.54, 1.807) is 12.0 Å². The standard InChI is InChI=1S/C14H26N2O4/c1-10(2)7-12(13(17)18)15-14(19)16-6-4-5-11(8-16)9-20-3/h10-12H,4-9H2,1-3H3,(H,15,19)(H,17,18)/t11?,12-/m0/s1. The van der Waals surface area contributed by atoms with Crippen molar-refractivity contribution in [2.45, 2.75) is 39.2 Å². The molecule has 0 aromatic carbocycles. The van der Waals surface area contributed by atoms with E-state index in [1.807, 2.05) is 13.8 Å². The zero-order valence-electron chi connectivity index (χ0n) is 12.6. The lowest BCUT2D eigenvalue weighted by Gasteiger charge is -2.33. The molecule has 0 saturated carbocycles. The molecule has 6 heteroatoms. The molecule has 1 fully saturated rings. The van der Waals surface area contributed by atoms with Gasteiger partial charge in [0.15, 0.2) is 0 Å². The summed E-state index contributed by atoms with van der Waals surface area (Å²) in [5, 5.41) is 11.8. The molecule has 1 saturated heterocycles. The van der Waals surface area contributed by atoms with Crippen LogP contribution >= 0.6 is 0 Å². The fraction of sp³-hybridized carbons (Fsp3) is 0.857. The van der Waals surface area contributed by atoms with E-state index in [0.717, 1.165) is 12.8 Å². The van der Waals surface area contributed by atoms with Crippen LogP contribution in [0.25, 0.3) is 0 Å². The molecule has 2 atom stereocenters. The number of rotatable bonds is 6. The van der Waals surface area contributed by atoms with Gasteiger partial charge in [-0.15, -0.1) is 0 Å². The van der Waals surface area contributed by atoms with Crippen molar-refractivity contribution in [3.63, 3.8) is 0 Å². The number of hydrogen-bond donors (Lipinski definition) is 2. The first-order chi connectivity index (χ1) is 9.43. The third-order valence-electron chi connectivity index (χ3n) is 3.51. The monoisotopic (exact) mass is 286 g/mol. The molecule has 116 valence electrons. The van der Waals surface area contributed by atoms with Crippen LogP contribution in [-0.2, 0) is 9.53 Å². The Balaban J connectivity index is 2.53. The summed E-state index contributed by atoms with van der Waals surface area (Å²) in [7, 11) is 1.65. The number of amides is 2. The summed E-state index contributed by atoms with van der Waals surface area (Å²) in [6.45, 7) is 5.83.